The summed E-state index contributed by atoms with van der Waals surface area (Å²) in [5.74, 6) is 0.902. The van der Waals surface area contributed by atoms with E-state index in [0.717, 1.165) is 18.0 Å². The molecule has 4 heteroatoms. The molecule has 0 aliphatic heterocycles. The molecule has 22 heavy (non-hydrogen) atoms. The van der Waals surface area contributed by atoms with Crippen LogP contribution in [0.3, 0.4) is 0 Å². The first-order valence-electron chi connectivity index (χ1n) is 8.28. The summed E-state index contributed by atoms with van der Waals surface area (Å²) in [4.78, 5) is 0. The molecule has 1 heterocycles. The first kappa shape index (κ1) is 15.1. The van der Waals surface area contributed by atoms with Gasteiger partial charge in [0.2, 0.25) is 0 Å². The smallest absolute Gasteiger partial charge is 0.119 e. The lowest BCUT2D eigenvalue weighted by molar-refractivity contribution is 0.340. The normalized spacial score (nSPS) is 15.4. The molecular weight excluding hydrogens is 274 g/mol. The zero-order chi connectivity index (χ0) is 15.4. The summed E-state index contributed by atoms with van der Waals surface area (Å²) in [7, 11) is 0. The summed E-state index contributed by atoms with van der Waals surface area (Å²) in [5, 5.41) is 8.20. The molecule has 0 atom stereocenters. The van der Waals surface area contributed by atoms with E-state index in [9.17, 15) is 0 Å². The Bertz CT molecular complexity index is 597. The van der Waals surface area contributed by atoms with Gasteiger partial charge in [-0.2, -0.15) is 5.10 Å². The summed E-state index contributed by atoms with van der Waals surface area (Å²) in [6.45, 7) is 5.73. The predicted octanol–water partition coefficient (Wildman–Crippen LogP) is 3.61. The van der Waals surface area contributed by atoms with Gasteiger partial charge in [-0.1, -0.05) is 12.8 Å². The standard InChI is InChI=1S/C18H25N3O/c1-3-22-18-10-8-17(9-11-18)21-14(2)15(13-20-21)12-19-16-6-4-5-7-16/h8-11,13,16,19H,3-7,12H2,1-2H3. The van der Waals surface area contributed by atoms with E-state index in [1.807, 2.05) is 29.9 Å². The van der Waals surface area contributed by atoms with Crippen molar-refractivity contribution in [1.29, 1.82) is 0 Å². The van der Waals surface area contributed by atoms with Crippen LogP contribution in [0.1, 0.15) is 43.9 Å². The van der Waals surface area contributed by atoms with Gasteiger partial charge in [0.05, 0.1) is 18.5 Å². The fourth-order valence-electron chi connectivity index (χ4n) is 3.11. The lowest BCUT2D eigenvalue weighted by Crippen LogP contribution is -2.25. The van der Waals surface area contributed by atoms with Crippen molar-refractivity contribution in [2.75, 3.05) is 6.61 Å². The fraction of sp³-hybridized carbons (Fsp3) is 0.500. The molecule has 1 aliphatic rings. The topological polar surface area (TPSA) is 39.1 Å². The molecule has 1 saturated carbocycles. The number of aromatic nitrogens is 2. The first-order chi connectivity index (χ1) is 10.8. The van der Waals surface area contributed by atoms with Crippen molar-refractivity contribution >= 4 is 0 Å². The Morgan fingerprint density at radius 1 is 1.23 bits per heavy atom. The van der Waals surface area contributed by atoms with Crippen molar-refractivity contribution in [3.63, 3.8) is 0 Å². The SMILES string of the molecule is CCOc1ccc(-n2ncc(CNC3CCCC3)c2C)cc1. The van der Waals surface area contributed by atoms with Crippen LogP contribution in [0.5, 0.6) is 5.75 Å². The quantitative estimate of drug-likeness (QED) is 0.885. The zero-order valence-electron chi connectivity index (χ0n) is 13.5. The van der Waals surface area contributed by atoms with E-state index in [0.29, 0.717) is 12.6 Å². The molecule has 0 unspecified atom stereocenters. The van der Waals surface area contributed by atoms with Crippen LogP contribution in [-0.4, -0.2) is 22.4 Å². The number of ether oxygens (including phenoxy) is 1. The van der Waals surface area contributed by atoms with Crippen LogP contribution in [0.2, 0.25) is 0 Å². The molecule has 1 N–H and O–H groups in total. The molecule has 2 aromatic rings. The highest BCUT2D eigenvalue weighted by Gasteiger charge is 2.15. The van der Waals surface area contributed by atoms with Gasteiger partial charge in [-0.15, -0.1) is 0 Å². The molecule has 0 amide bonds. The second-order valence-electron chi connectivity index (χ2n) is 5.96. The van der Waals surface area contributed by atoms with Crippen molar-refractivity contribution in [2.24, 2.45) is 0 Å². The number of rotatable bonds is 6. The van der Waals surface area contributed by atoms with Gasteiger partial charge in [0, 0.05) is 23.8 Å². The summed E-state index contributed by atoms with van der Waals surface area (Å²) >= 11 is 0. The maximum atomic E-state index is 5.49. The fourth-order valence-corrected chi connectivity index (χ4v) is 3.11. The van der Waals surface area contributed by atoms with Crippen LogP contribution in [0.25, 0.3) is 5.69 Å². The lowest BCUT2D eigenvalue weighted by Gasteiger charge is -2.11. The van der Waals surface area contributed by atoms with E-state index in [1.165, 1.54) is 36.9 Å². The molecule has 0 radical (unpaired) electrons. The van der Waals surface area contributed by atoms with Gasteiger partial charge in [-0.25, -0.2) is 4.68 Å². The zero-order valence-corrected chi connectivity index (χ0v) is 13.5. The lowest BCUT2D eigenvalue weighted by atomic mass is 10.2. The summed E-state index contributed by atoms with van der Waals surface area (Å²) in [6, 6.07) is 8.79. The monoisotopic (exact) mass is 299 g/mol. The second-order valence-corrected chi connectivity index (χ2v) is 5.96. The van der Waals surface area contributed by atoms with Gasteiger partial charge in [0.15, 0.2) is 0 Å². The third kappa shape index (κ3) is 3.33. The Hall–Kier alpha value is -1.81. The number of hydrogen-bond acceptors (Lipinski definition) is 3. The van der Waals surface area contributed by atoms with E-state index in [2.05, 4.69) is 29.5 Å². The van der Waals surface area contributed by atoms with Gasteiger partial charge in [0.25, 0.3) is 0 Å². The molecule has 1 aliphatic carbocycles. The van der Waals surface area contributed by atoms with Gasteiger partial charge in [0.1, 0.15) is 5.75 Å². The molecule has 1 aromatic heterocycles. The average Bonchev–Trinajstić information content (AvgIpc) is 3.16. The Morgan fingerprint density at radius 3 is 2.64 bits per heavy atom. The van der Waals surface area contributed by atoms with Crippen LogP contribution in [0, 0.1) is 6.92 Å². The van der Waals surface area contributed by atoms with E-state index >= 15 is 0 Å². The Morgan fingerprint density at radius 2 is 1.95 bits per heavy atom. The minimum absolute atomic E-state index is 0.688. The molecule has 0 bridgehead atoms. The van der Waals surface area contributed by atoms with Crippen molar-refractivity contribution in [1.82, 2.24) is 15.1 Å². The minimum atomic E-state index is 0.688. The van der Waals surface area contributed by atoms with Crippen molar-refractivity contribution in [3.05, 3.63) is 41.7 Å². The first-order valence-corrected chi connectivity index (χ1v) is 8.28. The van der Waals surface area contributed by atoms with Crippen molar-refractivity contribution in [2.45, 2.75) is 52.1 Å². The van der Waals surface area contributed by atoms with Gasteiger partial charge in [-0.3, -0.25) is 0 Å². The molecule has 0 saturated heterocycles. The van der Waals surface area contributed by atoms with Crippen LogP contribution < -0.4 is 10.1 Å². The van der Waals surface area contributed by atoms with Gasteiger partial charge < -0.3 is 10.1 Å². The molecule has 1 aromatic carbocycles. The second kappa shape index (κ2) is 6.97. The Kier molecular flexibility index (Phi) is 4.78. The highest BCUT2D eigenvalue weighted by atomic mass is 16.5. The van der Waals surface area contributed by atoms with Crippen LogP contribution in [0.4, 0.5) is 0 Å². The Labute approximate surface area is 132 Å². The molecule has 4 nitrogen and oxygen atoms in total. The molecular formula is C18H25N3O. The Balaban J connectivity index is 1.69. The molecule has 118 valence electrons. The third-order valence-corrected chi connectivity index (χ3v) is 4.44. The largest absolute Gasteiger partial charge is 0.494 e. The van der Waals surface area contributed by atoms with Crippen molar-refractivity contribution < 1.29 is 4.74 Å². The van der Waals surface area contributed by atoms with Crippen LogP contribution in [0.15, 0.2) is 30.5 Å². The number of hydrogen-bond donors (Lipinski definition) is 1. The number of nitrogens with zero attached hydrogens (tertiary/aromatic N) is 2. The molecule has 0 spiro atoms. The minimum Gasteiger partial charge on any atom is -0.494 e. The average molecular weight is 299 g/mol. The van der Waals surface area contributed by atoms with E-state index in [1.54, 1.807) is 0 Å². The predicted molar refractivity (Wildman–Crippen MR) is 88.6 cm³/mol. The maximum absolute atomic E-state index is 5.49. The maximum Gasteiger partial charge on any atom is 0.119 e. The number of nitrogens with one attached hydrogen (secondary N) is 1. The van der Waals surface area contributed by atoms with E-state index < -0.39 is 0 Å². The van der Waals surface area contributed by atoms with Crippen molar-refractivity contribution in [3.8, 4) is 11.4 Å². The summed E-state index contributed by atoms with van der Waals surface area (Å²) in [5.41, 5.74) is 3.56. The van der Waals surface area contributed by atoms with E-state index in [4.69, 9.17) is 4.74 Å². The molecule has 3 rings (SSSR count). The summed E-state index contributed by atoms with van der Waals surface area (Å²) < 4.78 is 7.49. The van der Waals surface area contributed by atoms with Gasteiger partial charge >= 0.3 is 0 Å². The summed E-state index contributed by atoms with van der Waals surface area (Å²) in [6.07, 6.45) is 7.33. The van der Waals surface area contributed by atoms with Gasteiger partial charge in [-0.05, 0) is 51.0 Å². The highest BCUT2D eigenvalue weighted by molar-refractivity contribution is 5.39. The van der Waals surface area contributed by atoms with Crippen LogP contribution >= 0.6 is 0 Å². The molecule has 1 fully saturated rings. The van der Waals surface area contributed by atoms with Crippen LogP contribution in [-0.2, 0) is 6.54 Å². The number of benzene rings is 1. The third-order valence-electron chi connectivity index (χ3n) is 4.44. The van der Waals surface area contributed by atoms with E-state index in [-0.39, 0.29) is 0 Å². The highest BCUT2D eigenvalue weighted by Crippen LogP contribution is 2.20.